The van der Waals surface area contributed by atoms with Crippen LogP contribution in [0.15, 0.2) is 20.0 Å². The van der Waals surface area contributed by atoms with Crippen LogP contribution in [0.4, 0.5) is 0 Å². The molecule has 0 spiro atoms. The molecule has 1 N–H and O–H groups in total. The molecule has 1 heterocycles. The predicted molar refractivity (Wildman–Crippen MR) is 65.1 cm³/mol. The highest BCUT2D eigenvalue weighted by Gasteiger charge is 2.28. The van der Waals surface area contributed by atoms with Gasteiger partial charge in [0.05, 0.1) is 6.61 Å². The molecule has 7 nitrogen and oxygen atoms in total. The molecule has 0 aliphatic carbocycles. The summed E-state index contributed by atoms with van der Waals surface area (Å²) < 4.78 is 34.7. The molecular formula is C9H12BrNO6S. The van der Waals surface area contributed by atoms with E-state index in [9.17, 15) is 13.2 Å². The summed E-state index contributed by atoms with van der Waals surface area (Å²) in [5.74, 6) is -1.78. The van der Waals surface area contributed by atoms with Gasteiger partial charge in [-0.05, 0) is 15.9 Å². The first-order valence-electron chi connectivity index (χ1n) is 4.78. The van der Waals surface area contributed by atoms with E-state index in [-0.39, 0.29) is 22.7 Å². The summed E-state index contributed by atoms with van der Waals surface area (Å²) >= 11 is 2.89. The molecule has 1 aromatic heterocycles. The van der Waals surface area contributed by atoms with Gasteiger partial charge >= 0.3 is 5.97 Å². The summed E-state index contributed by atoms with van der Waals surface area (Å²) in [5.41, 5.74) is 0. The second-order valence-corrected chi connectivity index (χ2v) is 6.11. The Morgan fingerprint density at radius 2 is 2.22 bits per heavy atom. The highest BCUT2D eigenvalue weighted by atomic mass is 79.9. The summed E-state index contributed by atoms with van der Waals surface area (Å²) in [4.78, 5) is 10.5. The quantitative estimate of drug-likeness (QED) is 0.829. The molecule has 0 unspecified atom stereocenters. The van der Waals surface area contributed by atoms with Crippen LogP contribution in [0.2, 0.25) is 0 Å². The number of methoxy groups -OCH3 is 1. The summed E-state index contributed by atoms with van der Waals surface area (Å²) in [6.07, 6.45) is 0. The van der Waals surface area contributed by atoms with Crippen molar-refractivity contribution in [2.24, 2.45) is 0 Å². The van der Waals surface area contributed by atoms with Crippen molar-refractivity contribution in [3.63, 3.8) is 0 Å². The zero-order valence-corrected chi connectivity index (χ0v) is 12.1. The van der Waals surface area contributed by atoms with E-state index in [0.29, 0.717) is 0 Å². The molecule has 0 radical (unpaired) electrons. The second-order valence-electron chi connectivity index (χ2n) is 3.37. The molecule has 102 valence electrons. The fourth-order valence-corrected chi connectivity index (χ4v) is 3.19. The molecule has 0 atom stereocenters. The minimum Gasteiger partial charge on any atom is -0.475 e. The number of carboxylic acid groups (broad SMARTS) is 1. The Morgan fingerprint density at radius 3 is 2.67 bits per heavy atom. The molecular weight excluding hydrogens is 330 g/mol. The van der Waals surface area contributed by atoms with Crippen molar-refractivity contribution in [1.82, 2.24) is 4.31 Å². The Balaban J connectivity index is 3.08. The molecule has 9 heteroatoms. The number of hydrogen-bond acceptors (Lipinski definition) is 5. The molecule has 0 saturated carbocycles. The molecule has 0 bridgehead atoms. The van der Waals surface area contributed by atoms with Gasteiger partial charge in [-0.25, -0.2) is 13.2 Å². The van der Waals surface area contributed by atoms with Crippen LogP contribution in [-0.2, 0) is 14.8 Å². The highest BCUT2D eigenvalue weighted by Crippen LogP contribution is 2.28. The monoisotopic (exact) mass is 341 g/mol. The third-order valence-corrected chi connectivity index (χ3v) is 4.88. The third kappa shape index (κ3) is 3.10. The maximum absolute atomic E-state index is 12.1. The molecule has 0 aliphatic heterocycles. The lowest BCUT2D eigenvalue weighted by Crippen LogP contribution is -2.30. The second kappa shape index (κ2) is 5.83. The maximum atomic E-state index is 12.1. The van der Waals surface area contributed by atoms with Crippen molar-refractivity contribution < 1.29 is 27.5 Å². The van der Waals surface area contributed by atoms with Crippen LogP contribution >= 0.6 is 15.9 Å². The van der Waals surface area contributed by atoms with E-state index in [2.05, 4.69) is 15.9 Å². The molecule has 1 aromatic rings. The summed E-state index contributed by atoms with van der Waals surface area (Å²) in [6, 6.07) is 0.963. The van der Waals surface area contributed by atoms with Gasteiger partial charge in [0.1, 0.15) is 4.90 Å². The normalized spacial score (nSPS) is 12.0. The molecule has 1 rings (SSSR count). The van der Waals surface area contributed by atoms with E-state index < -0.39 is 21.8 Å². The Bertz CT molecular complexity index is 537. The van der Waals surface area contributed by atoms with E-state index in [1.54, 1.807) is 0 Å². The number of furan rings is 1. The van der Waals surface area contributed by atoms with Crippen molar-refractivity contribution in [3.8, 4) is 0 Å². The van der Waals surface area contributed by atoms with Crippen molar-refractivity contribution in [2.75, 3.05) is 27.3 Å². The van der Waals surface area contributed by atoms with E-state index in [1.807, 2.05) is 0 Å². The number of sulfonamides is 1. The van der Waals surface area contributed by atoms with Crippen molar-refractivity contribution in [3.05, 3.63) is 16.5 Å². The SMILES string of the molecule is COCCN(C)S(=O)(=O)c1cc(C(=O)O)oc1Br. The highest BCUT2D eigenvalue weighted by molar-refractivity contribution is 9.10. The Kier molecular flexibility index (Phi) is 4.91. The van der Waals surface area contributed by atoms with Gasteiger partial charge in [0.15, 0.2) is 4.67 Å². The van der Waals surface area contributed by atoms with Gasteiger partial charge < -0.3 is 14.3 Å². The Hall–Kier alpha value is -0.900. The van der Waals surface area contributed by atoms with Gasteiger partial charge in [0.25, 0.3) is 0 Å². The minimum atomic E-state index is -3.81. The molecule has 0 aromatic carbocycles. The van der Waals surface area contributed by atoms with Crippen molar-refractivity contribution >= 4 is 31.9 Å². The first-order chi connectivity index (χ1) is 8.30. The minimum absolute atomic E-state index is 0.135. The predicted octanol–water partition coefficient (Wildman–Crippen LogP) is 1.01. The van der Waals surface area contributed by atoms with Crippen LogP contribution in [0.5, 0.6) is 0 Å². The lowest BCUT2D eigenvalue weighted by Gasteiger charge is -2.15. The van der Waals surface area contributed by atoms with Crippen LogP contribution in [0, 0.1) is 0 Å². The number of carboxylic acids is 1. The average molecular weight is 342 g/mol. The zero-order chi connectivity index (χ0) is 13.9. The van der Waals surface area contributed by atoms with Gasteiger partial charge in [-0.1, -0.05) is 0 Å². The standard InChI is InChI=1S/C9H12BrNO6S/c1-11(3-4-16-2)18(14,15)7-5-6(9(12)13)17-8(7)10/h5H,3-4H2,1-2H3,(H,12,13). The molecule has 0 aliphatic rings. The number of rotatable bonds is 6. The zero-order valence-electron chi connectivity index (χ0n) is 9.71. The Labute approximate surface area is 113 Å². The van der Waals surface area contributed by atoms with Crippen LogP contribution < -0.4 is 0 Å². The fraction of sp³-hybridized carbons (Fsp3) is 0.444. The smallest absolute Gasteiger partial charge is 0.371 e. The first kappa shape index (κ1) is 15.2. The van der Waals surface area contributed by atoms with Crippen LogP contribution in [0.3, 0.4) is 0 Å². The lowest BCUT2D eigenvalue weighted by molar-refractivity contribution is 0.0661. The first-order valence-corrected chi connectivity index (χ1v) is 7.02. The summed E-state index contributed by atoms with van der Waals surface area (Å²) in [6.45, 7) is 0.385. The molecule has 18 heavy (non-hydrogen) atoms. The number of hydrogen-bond donors (Lipinski definition) is 1. The van der Waals surface area contributed by atoms with Crippen LogP contribution in [0.25, 0.3) is 0 Å². The molecule has 0 saturated heterocycles. The molecule has 0 amide bonds. The van der Waals surface area contributed by atoms with Gasteiger partial charge in [0.2, 0.25) is 15.8 Å². The van der Waals surface area contributed by atoms with Crippen molar-refractivity contribution in [1.29, 1.82) is 0 Å². The van der Waals surface area contributed by atoms with E-state index >= 15 is 0 Å². The van der Waals surface area contributed by atoms with Gasteiger partial charge in [0, 0.05) is 26.8 Å². The molecule has 0 fully saturated rings. The number of aromatic carboxylic acids is 1. The summed E-state index contributed by atoms with van der Waals surface area (Å²) in [7, 11) is -0.981. The Morgan fingerprint density at radius 1 is 1.61 bits per heavy atom. The van der Waals surface area contributed by atoms with Gasteiger partial charge in [-0.15, -0.1) is 0 Å². The van der Waals surface area contributed by atoms with E-state index in [0.717, 1.165) is 10.4 Å². The average Bonchev–Trinajstić information content (AvgIpc) is 2.68. The third-order valence-electron chi connectivity index (χ3n) is 2.16. The number of ether oxygens (including phenoxy) is 1. The van der Waals surface area contributed by atoms with Crippen molar-refractivity contribution in [2.45, 2.75) is 4.90 Å². The number of carbonyl (C=O) groups is 1. The maximum Gasteiger partial charge on any atom is 0.371 e. The van der Waals surface area contributed by atoms with Gasteiger partial charge in [-0.2, -0.15) is 4.31 Å². The number of likely N-dealkylation sites (N-methyl/N-ethyl adjacent to an activating group) is 1. The topological polar surface area (TPSA) is 97.0 Å². The van der Waals surface area contributed by atoms with E-state index in [1.165, 1.54) is 14.2 Å². The largest absolute Gasteiger partial charge is 0.475 e. The fourth-order valence-electron chi connectivity index (χ4n) is 1.14. The van der Waals surface area contributed by atoms with E-state index in [4.69, 9.17) is 14.3 Å². The summed E-state index contributed by atoms with van der Waals surface area (Å²) in [5, 5.41) is 8.73. The van der Waals surface area contributed by atoms with Crippen LogP contribution in [-0.4, -0.2) is 51.1 Å². The van der Waals surface area contributed by atoms with Gasteiger partial charge in [-0.3, -0.25) is 0 Å². The number of nitrogens with zero attached hydrogens (tertiary/aromatic N) is 1. The van der Waals surface area contributed by atoms with Crippen LogP contribution in [0.1, 0.15) is 10.6 Å². The lowest BCUT2D eigenvalue weighted by atomic mass is 10.5. The number of halogens is 1.